The Kier molecular flexibility index (Phi) is 5.77. The van der Waals surface area contributed by atoms with Gasteiger partial charge in [-0.25, -0.2) is 8.42 Å². The van der Waals surface area contributed by atoms with Gasteiger partial charge in [-0.15, -0.1) is 0 Å². The summed E-state index contributed by atoms with van der Waals surface area (Å²) in [7, 11) is -1.90. The third-order valence-corrected chi connectivity index (χ3v) is 7.04. The molecule has 0 atom stereocenters. The minimum absolute atomic E-state index is 0.330. The van der Waals surface area contributed by atoms with Gasteiger partial charge in [-0.2, -0.15) is 4.31 Å². The van der Waals surface area contributed by atoms with Crippen molar-refractivity contribution >= 4 is 15.7 Å². The number of benzene rings is 2. The standard InChI is InChI=1S/C21H28N2O3S/c1-16(2)19-7-5-6-8-20(19)22-11-13-23(14-12-22)27(24,25)18-9-10-21(26-4)17(3)15-18/h5-10,15-16H,11-14H2,1-4H3. The fourth-order valence-electron chi connectivity index (χ4n) is 3.59. The van der Waals surface area contributed by atoms with Crippen LogP contribution in [-0.2, 0) is 10.0 Å². The quantitative estimate of drug-likeness (QED) is 0.785. The van der Waals surface area contributed by atoms with Gasteiger partial charge in [0.05, 0.1) is 12.0 Å². The molecule has 5 nitrogen and oxygen atoms in total. The first-order valence-electron chi connectivity index (χ1n) is 9.33. The highest BCUT2D eigenvalue weighted by molar-refractivity contribution is 7.89. The Morgan fingerprint density at radius 1 is 1.00 bits per heavy atom. The number of piperazine rings is 1. The lowest BCUT2D eigenvalue weighted by Gasteiger charge is -2.36. The number of rotatable bonds is 5. The summed E-state index contributed by atoms with van der Waals surface area (Å²) in [4.78, 5) is 2.62. The number of hydrogen-bond acceptors (Lipinski definition) is 4. The third-order valence-electron chi connectivity index (χ3n) is 5.14. The third kappa shape index (κ3) is 3.96. The molecule has 3 rings (SSSR count). The molecule has 0 radical (unpaired) electrons. The molecule has 0 N–H and O–H groups in total. The summed E-state index contributed by atoms with van der Waals surface area (Å²) in [5, 5.41) is 0. The predicted octanol–water partition coefficient (Wildman–Crippen LogP) is 3.64. The summed E-state index contributed by atoms with van der Waals surface area (Å²) in [6.45, 7) is 8.59. The van der Waals surface area contributed by atoms with Crippen molar-refractivity contribution in [1.29, 1.82) is 0 Å². The Hall–Kier alpha value is -2.05. The Labute approximate surface area is 162 Å². The molecule has 0 aromatic heterocycles. The summed E-state index contributed by atoms with van der Waals surface area (Å²) in [6, 6.07) is 13.4. The molecule has 0 spiro atoms. The van der Waals surface area contributed by atoms with E-state index in [-0.39, 0.29) is 0 Å². The largest absolute Gasteiger partial charge is 0.496 e. The van der Waals surface area contributed by atoms with Crippen molar-refractivity contribution in [1.82, 2.24) is 4.31 Å². The molecule has 1 saturated heterocycles. The first-order chi connectivity index (χ1) is 12.8. The molecular formula is C21H28N2O3S. The number of anilines is 1. The summed E-state index contributed by atoms with van der Waals surface area (Å²) in [5.41, 5.74) is 3.34. The summed E-state index contributed by atoms with van der Waals surface area (Å²) in [5.74, 6) is 1.13. The van der Waals surface area contributed by atoms with E-state index in [9.17, 15) is 8.42 Å². The smallest absolute Gasteiger partial charge is 0.243 e. The van der Waals surface area contributed by atoms with Crippen molar-refractivity contribution in [2.75, 3.05) is 38.2 Å². The van der Waals surface area contributed by atoms with Gasteiger partial charge in [0, 0.05) is 31.9 Å². The molecule has 2 aromatic carbocycles. The van der Waals surface area contributed by atoms with Crippen LogP contribution in [0.1, 0.15) is 30.9 Å². The number of para-hydroxylation sites is 1. The van der Waals surface area contributed by atoms with Crippen LogP contribution in [0.15, 0.2) is 47.4 Å². The normalized spacial score (nSPS) is 16.0. The van der Waals surface area contributed by atoms with E-state index in [0.717, 1.165) is 5.56 Å². The van der Waals surface area contributed by atoms with Gasteiger partial charge in [0.2, 0.25) is 10.0 Å². The lowest BCUT2D eigenvalue weighted by atomic mass is 10.00. The van der Waals surface area contributed by atoms with Crippen LogP contribution >= 0.6 is 0 Å². The van der Waals surface area contributed by atoms with Crippen LogP contribution in [0, 0.1) is 6.92 Å². The second kappa shape index (κ2) is 7.90. The first kappa shape index (κ1) is 19.7. The van der Waals surface area contributed by atoms with Crippen LogP contribution in [0.4, 0.5) is 5.69 Å². The molecule has 146 valence electrons. The highest BCUT2D eigenvalue weighted by Crippen LogP contribution is 2.29. The summed E-state index contributed by atoms with van der Waals surface area (Å²) >= 11 is 0. The highest BCUT2D eigenvalue weighted by Gasteiger charge is 2.29. The fourth-order valence-corrected chi connectivity index (χ4v) is 5.10. The van der Waals surface area contributed by atoms with E-state index < -0.39 is 10.0 Å². The van der Waals surface area contributed by atoms with Crippen LogP contribution in [0.5, 0.6) is 5.75 Å². The van der Waals surface area contributed by atoms with Crippen molar-refractivity contribution < 1.29 is 13.2 Å². The number of methoxy groups -OCH3 is 1. The Balaban J connectivity index is 1.76. The zero-order valence-electron chi connectivity index (χ0n) is 16.5. The van der Waals surface area contributed by atoms with Gasteiger partial charge in [0.15, 0.2) is 0 Å². The van der Waals surface area contributed by atoms with Gasteiger partial charge in [-0.3, -0.25) is 0 Å². The molecule has 0 bridgehead atoms. The number of aryl methyl sites for hydroxylation is 1. The minimum atomic E-state index is -3.49. The van der Waals surface area contributed by atoms with Gasteiger partial charge < -0.3 is 9.64 Å². The molecular weight excluding hydrogens is 360 g/mol. The van der Waals surface area contributed by atoms with Crippen molar-refractivity contribution in [3.05, 3.63) is 53.6 Å². The van der Waals surface area contributed by atoms with Gasteiger partial charge in [-0.1, -0.05) is 32.0 Å². The zero-order chi connectivity index (χ0) is 19.6. The average Bonchev–Trinajstić information content (AvgIpc) is 2.68. The van der Waals surface area contributed by atoms with Crippen molar-refractivity contribution in [2.24, 2.45) is 0 Å². The maximum atomic E-state index is 13.0. The number of sulfonamides is 1. The average molecular weight is 389 g/mol. The monoisotopic (exact) mass is 388 g/mol. The number of ether oxygens (including phenoxy) is 1. The number of hydrogen-bond donors (Lipinski definition) is 0. The first-order valence-corrected chi connectivity index (χ1v) is 10.8. The Bertz CT molecular complexity index is 901. The minimum Gasteiger partial charge on any atom is -0.496 e. The molecule has 1 heterocycles. The summed E-state index contributed by atoms with van der Waals surface area (Å²) in [6.07, 6.45) is 0. The maximum absolute atomic E-state index is 13.0. The lowest BCUT2D eigenvalue weighted by Crippen LogP contribution is -2.48. The van der Waals surface area contributed by atoms with Crippen molar-refractivity contribution in [2.45, 2.75) is 31.6 Å². The molecule has 27 heavy (non-hydrogen) atoms. The van der Waals surface area contributed by atoms with Crippen LogP contribution in [-0.4, -0.2) is 46.0 Å². The van der Waals surface area contributed by atoms with E-state index in [1.54, 1.807) is 29.6 Å². The molecule has 2 aromatic rings. The van der Waals surface area contributed by atoms with Crippen molar-refractivity contribution in [3.8, 4) is 5.75 Å². The second-order valence-corrected chi connectivity index (χ2v) is 9.17. The topological polar surface area (TPSA) is 49.9 Å². The van der Waals surface area contributed by atoms with E-state index in [0.29, 0.717) is 42.7 Å². The van der Waals surface area contributed by atoms with E-state index in [2.05, 4.69) is 36.9 Å². The Morgan fingerprint density at radius 3 is 2.26 bits per heavy atom. The van der Waals surface area contributed by atoms with E-state index in [4.69, 9.17) is 4.74 Å². The van der Waals surface area contributed by atoms with Gasteiger partial charge >= 0.3 is 0 Å². The molecule has 0 aliphatic carbocycles. The van der Waals surface area contributed by atoms with Crippen LogP contribution in [0.3, 0.4) is 0 Å². The SMILES string of the molecule is COc1ccc(S(=O)(=O)N2CCN(c3ccccc3C(C)C)CC2)cc1C. The van der Waals surface area contributed by atoms with Crippen LogP contribution in [0.2, 0.25) is 0 Å². The molecule has 1 aliphatic heterocycles. The predicted molar refractivity (Wildman–Crippen MR) is 109 cm³/mol. The summed E-state index contributed by atoms with van der Waals surface area (Å²) < 4.78 is 32.9. The van der Waals surface area contributed by atoms with Gasteiger partial charge in [0.1, 0.15) is 5.75 Å². The lowest BCUT2D eigenvalue weighted by molar-refractivity contribution is 0.384. The van der Waals surface area contributed by atoms with E-state index in [1.165, 1.54) is 11.3 Å². The molecule has 0 unspecified atom stereocenters. The zero-order valence-corrected chi connectivity index (χ0v) is 17.3. The fraction of sp³-hybridized carbons (Fsp3) is 0.429. The molecule has 0 amide bonds. The van der Waals surface area contributed by atoms with Gasteiger partial charge in [-0.05, 0) is 48.2 Å². The van der Waals surface area contributed by atoms with Crippen LogP contribution in [0.25, 0.3) is 0 Å². The number of nitrogens with zero attached hydrogens (tertiary/aromatic N) is 2. The highest BCUT2D eigenvalue weighted by atomic mass is 32.2. The maximum Gasteiger partial charge on any atom is 0.243 e. The van der Waals surface area contributed by atoms with E-state index >= 15 is 0 Å². The van der Waals surface area contributed by atoms with Crippen LogP contribution < -0.4 is 9.64 Å². The molecule has 0 saturated carbocycles. The van der Waals surface area contributed by atoms with Gasteiger partial charge in [0.25, 0.3) is 0 Å². The van der Waals surface area contributed by atoms with E-state index in [1.807, 2.05) is 13.0 Å². The Morgan fingerprint density at radius 2 is 1.67 bits per heavy atom. The molecule has 6 heteroatoms. The molecule has 1 fully saturated rings. The van der Waals surface area contributed by atoms with Crippen molar-refractivity contribution in [3.63, 3.8) is 0 Å². The molecule has 1 aliphatic rings. The second-order valence-electron chi connectivity index (χ2n) is 7.24.